The van der Waals surface area contributed by atoms with E-state index in [1.807, 2.05) is 29.7 Å². The number of halogens is 3. The van der Waals surface area contributed by atoms with E-state index in [0.29, 0.717) is 12.3 Å². The van der Waals surface area contributed by atoms with Crippen molar-refractivity contribution in [2.45, 2.75) is 13.3 Å². The Morgan fingerprint density at radius 2 is 2.05 bits per heavy atom. The molecular formula is C16H13Cl2FN2. The van der Waals surface area contributed by atoms with E-state index < -0.39 is 5.82 Å². The van der Waals surface area contributed by atoms with Gasteiger partial charge in [-0.25, -0.2) is 9.37 Å². The van der Waals surface area contributed by atoms with Crippen molar-refractivity contribution < 1.29 is 4.39 Å². The van der Waals surface area contributed by atoms with Gasteiger partial charge < -0.3 is 0 Å². The predicted octanol–water partition coefficient (Wildman–Crippen LogP) is 4.91. The molecule has 0 amide bonds. The van der Waals surface area contributed by atoms with E-state index in [0.717, 1.165) is 28.1 Å². The highest BCUT2D eigenvalue weighted by molar-refractivity contribution is 6.30. The van der Waals surface area contributed by atoms with E-state index >= 15 is 0 Å². The van der Waals surface area contributed by atoms with Crippen LogP contribution in [0.25, 0.3) is 16.7 Å². The van der Waals surface area contributed by atoms with Crippen molar-refractivity contribution in [2.24, 2.45) is 0 Å². The maximum absolute atomic E-state index is 13.4. The van der Waals surface area contributed by atoms with Gasteiger partial charge in [0.05, 0.1) is 16.1 Å². The molecule has 108 valence electrons. The average Bonchev–Trinajstić information content (AvgIpc) is 2.82. The van der Waals surface area contributed by atoms with E-state index in [1.54, 1.807) is 12.1 Å². The zero-order valence-electron chi connectivity index (χ0n) is 11.4. The summed E-state index contributed by atoms with van der Waals surface area (Å²) in [5.74, 6) is 0.884. The monoisotopic (exact) mass is 322 g/mol. The molecule has 21 heavy (non-hydrogen) atoms. The van der Waals surface area contributed by atoms with Crippen LogP contribution in [-0.4, -0.2) is 15.4 Å². The van der Waals surface area contributed by atoms with Crippen LogP contribution in [-0.2, 0) is 6.42 Å². The third kappa shape index (κ3) is 2.52. The Hall–Kier alpha value is -1.58. The van der Waals surface area contributed by atoms with Crippen LogP contribution in [0.4, 0.5) is 4.39 Å². The molecule has 3 aromatic rings. The fourth-order valence-corrected chi connectivity index (χ4v) is 2.84. The van der Waals surface area contributed by atoms with Gasteiger partial charge in [0.1, 0.15) is 11.6 Å². The molecule has 0 saturated carbocycles. The lowest BCUT2D eigenvalue weighted by Crippen LogP contribution is -2.03. The molecule has 0 spiro atoms. The normalized spacial score (nSPS) is 11.2. The number of benzene rings is 2. The van der Waals surface area contributed by atoms with Crippen molar-refractivity contribution in [2.75, 3.05) is 5.88 Å². The van der Waals surface area contributed by atoms with Crippen LogP contribution in [0.15, 0.2) is 36.4 Å². The van der Waals surface area contributed by atoms with Crippen molar-refractivity contribution in [1.29, 1.82) is 0 Å². The average molecular weight is 323 g/mol. The highest BCUT2D eigenvalue weighted by Gasteiger charge is 2.14. The van der Waals surface area contributed by atoms with Gasteiger partial charge in [0, 0.05) is 18.0 Å². The van der Waals surface area contributed by atoms with Crippen molar-refractivity contribution in [1.82, 2.24) is 9.55 Å². The molecule has 0 fully saturated rings. The number of alkyl halides is 1. The molecule has 0 unspecified atom stereocenters. The molecule has 1 heterocycles. The van der Waals surface area contributed by atoms with Crippen molar-refractivity contribution in [3.05, 3.63) is 58.6 Å². The van der Waals surface area contributed by atoms with Crippen LogP contribution >= 0.6 is 23.2 Å². The van der Waals surface area contributed by atoms with Crippen LogP contribution in [0.1, 0.15) is 11.4 Å². The number of rotatable bonds is 3. The number of aryl methyl sites for hydroxylation is 2. The van der Waals surface area contributed by atoms with Gasteiger partial charge >= 0.3 is 0 Å². The highest BCUT2D eigenvalue weighted by Crippen LogP contribution is 2.27. The fourth-order valence-electron chi connectivity index (χ4n) is 2.50. The van der Waals surface area contributed by atoms with Crippen LogP contribution in [0.3, 0.4) is 0 Å². The predicted molar refractivity (Wildman–Crippen MR) is 85.2 cm³/mol. The molecule has 0 aliphatic carbocycles. The van der Waals surface area contributed by atoms with Crippen molar-refractivity contribution in [3.63, 3.8) is 0 Å². The highest BCUT2D eigenvalue weighted by atomic mass is 35.5. The number of para-hydroxylation sites is 1. The van der Waals surface area contributed by atoms with E-state index in [4.69, 9.17) is 23.2 Å². The third-order valence-corrected chi connectivity index (χ3v) is 3.91. The summed E-state index contributed by atoms with van der Waals surface area (Å²) in [6.45, 7) is 2.02. The van der Waals surface area contributed by atoms with Crippen molar-refractivity contribution in [3.8, 4) is 5.69 Å². The van der Waals surface area contributed by atoms with Crippen LogP contribution < -0.4 is 0 Å². The fraction of sp³-hybridized carbons (Fsp3) is 0.188. The van der Waals surface area contributed by atoms with E-state index in [-0.39, 0.29) is 5.02 Å². The summed E-state index contributed by atoms with van der Waals surface area (Å²) in [4.78, 5) is 4.63. The first-order chi connectivity index (χ1) is 10.1. The number of hydrogen-bond acceptors (Lipinski definition) is 1. The van der Waals surface area contributed by atoms with Gasteiger partial charge in [0.2, 0.25) is 0 Å². The Kier molecular flexibility index (Phi) is 3.87. The summed E-state index contributed by atoms with van der Waals surface area (Å²) in [5.41, 5.74) is 3.79. The smallest absolute Gasteiger partial charge is 0.141 e. The van der Waals surface area contributed by atoms with Crippen LogP contribution in [0, 0.1) is 12.7 Å². The summed E-state index contributed by atoms with van der Waals surface area (Å²) < 4.78 is 15.4. The maximum atomic E-state index is 13.4. The summed E-state index contributed by atoms with van der Waals surface area (Å²) in [6, 6.07) is 10.6. The number of hydrogen-bond donors (Lipinski definition) is 0. The van der Waals surface area contributed by atoms with Crippen LogP contribution in [0.5, 0.6) is 0 Å². The number of nitrogens with zero attached hydrogens (tertiary/aromatic N) is 2. The number of fused-ring (bicyclic) bond motifs is 1. The van der Waals surface area contributed by atoms with Gasteiger partial charge in [-0.2, -0.15) is 0 Å². The van der Waals surface area contributed by atoms with Gasteiger partial charge in [0.25, 0.3) is 0 Å². The molecule has 0 aliphatic heterocycles. The molecular weight excluding hydrogens is 310 g/mol. The standard InChI is InChI=1S/C16H13Cl2FN2/c1-10-3-2-4-14-16(10)21(15(20-14)7-8-17)11-5-6-13(19)12(18)9-11/h2-6,9H,7-8H2,1H3. The zero-order valence-corrected chi connectivity index (χ0v) is 12.9. The second-order valence-electron chi connectivity index (χ2n) is 4.84. The number of imidazole rings is 1. The minimum absolute atomic E-state index is 0.0970. The Balaban J connectivity index is 2.32. The van der Waals surface area contributed by atoms with Gasteiger partial charge in [-0.15, -0.1) is 11.6 Å². The molecule has 5 heteroatoms. The van der Waals surface area contributed by atoms with E-state index in [2.05, 4.69) is 4.98 Å². The summed E-state index contributed by atoms with van der Waals surface area (Å²) in [6.07, 6.45) is 0.630. The summed E-state index contributed by atoms with van der Waals surface area (Å²) in [7, 11) is 0. The minimum Gasteiger partial charge on any atom is -0.296 e. The van der Waals surface area contributed by atoms with Gasteiger partial charge in [-0.3, -0.25) is 4.57 Å². The maximum Gasteiger partial charge on any atom is 0.141 e. The second kappa shape index (κ2) is 5.66. The Bertz CT molecular complexity index is 811. The van der Waals surface area contributed by atoms with Gasteiger partial charge in [0.15, 0.2) is 0 Å². The zero-order chi connectivity index (χ0) is 15.0. The molecule has 0 saturated heterocycles. The lowest BCUT2D eigenvalue weighted by Gasteiger charge is -2.10. The minimum atomic E-state index is -0.430. The quantitative estimate of drug-likeness (QED) is 0.626. The van der Waals surface area contributed by atoms with E-state index in [1.165, 1.54) is 6.07 Å². The van der Waals surface area contributed by atoms with Gasteiger partial charge in [-0.05, 0) is 36.8 Å². The summed E-state index contributed by atoms with van der Waals surface area (Å²) in [5, 5.41) is 0.0970. The van der Waals surface area contributed by atoms with E-state index in [9.17, 15) is 4.39 Å². The Labute approximate surface area is 132 Å². The molecule has 3 rings (SSSR count). The SMILES string of the molecule is Cc1cccc2nc(CCCl)n(-c3ccc(F)c(Cl)c3)c12. The summed E-state index contributed by atoms with van der Waals surface area (Å²) >= 11 is 11.8. The molecule has 0 bridgehead atoms. The molecule has 0 radical (unpaired) electrons. The molecule has 0 N–H and O–H groups in total. The number of aromatic nitrogens is 2. The van der Waals surface area contributed by atoms with Crippen LogP contribution in [0.2, 0.25) is 5.02 Å². The Morgan fingerprint density at radius 3 is 2.76 bits per heavy atom. The molecule has 2 nitrogen and oxygen atoms in total. The second-order valence-corrected chi connectivity index (χ2v) is 5.63. The molecule has 0 atom stereocenters. The largest absolute Gasteiger partial charge is 0.296 e. The lowest BCUT2D eigenvalue weighted by atomic mass is 10.2. The molecule has 2 aromatic carbocycles. The topological polar surface area (TPSA) is 17.8 Å². The first-order valence-corrected chi connectivity index (χ1v) is 7.51. The molecule has 0 aliphatic rings. The molecule has 1 aromatic heterocycles. The third-order valence-electron chi connectivity index (χ3n) is 3.43. The first-order valence-electron chi connectivity index (χ1n) is 6.60. The van der Waals surface area contributed by atoms with Gasteiger partial charge in [-0.1, -0.05) is 23.7 Å². The van der Waals surface area contributed by atoms with Crippen molar-refractivity contribution >= 4 is 34.2 Å². The first kappa shape index (κ1) is 14.4. The Morgan fingerprint density at radius 1 is 1.24 bits per heavy atom. The lowest BCUT2D eigenvalue weighted by molar-refractivity contribution is 0.627.